The minimum absolute atomic E-state index is 0.0535. The zero-order valence-corrected chi connectivity index (χ0v) is 20.7. The lowest BCUT2D eigenvalue weighted by atomic mass is 10.0. The van der Waals surface area contributed by atoms with Crippen molar-refractivity contribution in [1.29, 1.82) is 0 Å². The number of aryl methyl sites for hydroxylation is 1. The maximum atomic E-state index is 13.0. The average Bonchev–Trinajstić information content (AvgIpc) is 3.22. The maximum Gasteiger partial charge on any atom is 0.344 e. The number of ether oxygens (including phenoxy) is 1. The molecule has 1 aliphatic rings. The van der Waals surface area contributed by atoms with Gasteiger partial charge in [-0.2, -0.15) is 0 Å². The smallest absolute Gasteiger partial charge is 0.344 e. The largest absolute Gasteiger partial charge is 0.459 e. The van der Waals surface area contributed by atoms with Gasteiger partial charge in [-0.3, -0.25) is 4.79 Å². The van der Waals surface area contributed by atoms with Gasteiger partial charge in [0.2, 0.25) is 5.78 Å². The summed E-state index contributed by atoms with van der Waals surface area (Å²) in [6.07, 6.45) is 1.49. The molecule has 0 fully saturated rings. The highest BCUT2D eigenvalue weighted by Gasteiger charge is 2.32. The van der Waals surface area contributed by atoms with E-state index in [9.17, 15) is 9.59 Å². The van der Waals surface area contributed by atoms with Gasteiger partial charge in [0.15, 0.2) is 0 Å². The number of esters is 1. The molecule has 1 aliphatic heterocycles. The van der Waals surface area contributed by atoms with Crippen molar-refractivity contribution >= 4 is 29.4 Å². The number of carbonyl (C=O) groups is 2. The van der Waals surface area contributed by atoms with Crippen LogP contribution < -0.4 is 5.32 Å². The highest BCUT2D eigenvalue weighted by molar-refractivity contribution is 6.33. The van der Waals surface area contributed by atoms with Gasteiger partial charge in [-0.1, -0.05) is 48.0 Å². The maximum absolute atomic E-state index is 13.0. The second-order valence-corrected chi connectivity index (χ2v) is 9.03. The Balaban J connectivity index is 1.74. The van der Waals surface area contributed by atoms with Crippen LogP contribution in [0.3, 0.4) is 0 Å². The van der Waals surface area contributed by atoms with Crippen LogP contribution in [0.15, 0.2) is 71.6 Å². The standard InChI is InChI=1S/C28H27ClN2O3/c1-16(2)34-28(33)26-18(4)30-24(27(26)32)15-20-14-17(3)31(19(20)5)25-13-9-7-11-22(25)21-10-6-8-12-23(21)29/h6-16,30H,1-5H3/b24-15-. The fraction of sp³-hybridized carbons (Fsp3) is 0.214. The van der Waals surface area contributed by atoms with E-state index in [4.69, 9.17) is 16.3 Å². The monoisotopic (exact) mass is 474 g/mol. The third kappa shape index (κ3) is 4.31. The lowest BCUT2D eigenvalue weighted by Crippen LogP contribution is -2.18. The Labute approximate surface area is 204 Å². The number of halogens is 1. The first-order valence-corrected chi connectivity index (χ1v) is 11.5. The van der Waals surface area contributed by atoms with Crippen molar-refractivity contribution in [3.8, 4) is 16.8 Å². The summed E-state index contributed by atoms with van der Waals surface area (Å²) in [4.78, 5) is 25.4. The van der Waals surface area contributed by atoms with Crippen LogP contribution in [0.5, 0.6) is 0 Å². The number of hydrogen-bond donors (Lipinski definition) is 1. The molecule has 0 spiro atoms. The van der Waals surface area contributed by atoms with Crippen LogP contribution in [-0.2, 0) is 14.3 Å². The molecule has 4 rings (SSSR count). The van der Waals surface area contributed by atoms with Gasteiger partial charge >= 0.3 is 5.97 Å². The van der Waals surface area contributed by atoms with E-state index in [1.54, 1.807) is 26.8 Å². The summed E-state index contributed by atoms with van der Waals surface area (Å²) in [6, 6.07) is 17.9. The first kappa shape index (κ1) is 23.6. The first-order chi connectivity index (χ1) is 16.2. The zero-order valence-electron chi connectivity index (χ0n) is 19.9. The molecule has 34 heavy (non-hydrogen) atoms. The predicted molar refractivity (Wildman–Crippen MR) is 136 cm³/mol. The number of para-hydroxylation sites is 1. The molecule has 174 valence electrons. The quantitative estimate of drug-likeness (QED) is 0.273. The van der Waals surface area contributed by atoms with Crippen molar-refractivity contribution < 1.29 is 14.3 Å². The zero-order chi connectivity index (χ0) is 24.6. The Kier molecular flexibility index (Phi) is 6.49. The minimum atomic E-state index is -0.604. The number of nitrogens with one attached hydrogen (secondary N) is 1. The molecule has 3 aromatic rings. The van der Waals surface area contributed by atoms with Crippen molar-refractivity contribution in [1.82, 2.24) is 9.88 Å². The van der Waals surface area contributed by atoms with Crippen LogP contribution in [0.2, 0.25) is 5.02 Å². The Morgan fingerprint density at radius 1 is 1.03 bits per heavy atom. The van der Waals surface area contributed by atoms with Gasteiger partial charge in [0.05, 0.1) is 17.5 Å². The van der Waals surface area contributed by atoms with Crippen LogP contribution in [0.25, 0.3) is 22.9 Å². The molecule has 1 aromatic heterocycles. The SMILES string of the molecule is CC1=C(C(=O)OC(C)C)C(=O)/C(=C/c2cc(C)n(-c3ccccc3-c3ccccc3Cl)c2C)N1. The molecule has 0 amide bonds. The van der Waals surface area contributed by atoms with Crippen LogP contribution in [0.4, 0.5) is 0 Å². The summed E-state index contributed by atoms with van der Waals surface area (Å²) >= 11 is 6.51. The fourth-order valence-electron chi connectivity index (χ4n) is 4.28. The van der Waals surface area contributed by atoms with Crippen molar-refractivity contribution in [3.05, 3.63) is 93.5 Å². The van der Waals surface area contributed by atoms with Gasteiger partial charge in [0.25, 0.3) is 0 Å². The van der Waals surface area contributed by atoms with Crippen LogP contribution in [0, 0.1) is 13.8 Å². The molecule has 2 aromatic carbocycles. The molecular formula is C28H27ClN2O3. The van der Waals surface area contributed by atoms with E-state index in [0.29, 0.717) is 16.4 Å². The molecule has 0 aliphatic carbocycles. The van der Waals surface area contributed by atoms with Gasteiger partial charge < -0.3 is 14.6 Å². The molecule has 5 nitrogen and oxygen atoms in total. The molecule has 0 unspecified atom stereocenters. The van der Waals surface area contributed by atoms with Gasteiger partial charge in [-0.15, -0.1) is 0 Å². The number of ketones is 1. The number of nitrogens with zero attached hydrogens (tertiary/aromatic N) is 1. The Bertz CT molecular complexity index is 1360. The highest BCUT2D eigenvalue weighted by Crippen LogP contribution is 2.35. The van der Waals surface area contributed by atoms with E-state index in [1.165, 1.54) is 0 Å². The second-order valence-electron chi connectivity index (χ2n) is 8.63. The third-order valence-electron chi connectivity index (χ3n) is 5.79. The number of rotatable bonds is 5. The molecule has 0 radical (unpaired) electrons. The van der Waals surface area contributed by atoms with Crippen molar-refractivity contribution in [2.45, 2.75) is 40.7 Å². The molecule has 0 saturated carbocycles. The number of aromatic nitrogens is 1. The lowest BCUT2D eigenvalue weighted by Gasteiger charge is -2.16. The van der Waals surface area contributed by atoms with E-state index in [-0.39, 0.29) is 17.5 Å². The van der Waals surface area contributed by atoms with Gasteiger partial charge in [-0.05, 0) is 64.5 Å². The van der Waals surface area contributed by atoms with E-state index < -0.39 is 5.97 Å². The lowest BCUT2D eigenvalue weighted by molar-refractivity contribution is -0.143. The summed E-state index contributed by atoms with van der Waals surface area (Å²) in [5.41, 5.74) is 6.73. The summed E-state index contributed by atoms with van der Waals surface area (Å²) in [7, 11) is 0. The molecular weight excluding hydrogens is 448 g/mol. The summed E-state index contributed by atoms with van der Waals surface area (Å²) in [5, 5.41) is 3.74. The number of benzene rings is 2. The van der Waals surface area contributed by atoms with E-state index in [1.807, 2.05) is 56.3 Å². The summed E-state index contributed by atoms with van der Waals surface area (Å²) < 4.78 is 7.39. The first-order valence-electron chi connectivity index (χ1n) is 11.2. The van der Waals surface area contributed by atoms with Crippen molar-refractivity contribution in [2.24, 2.45) is 0 Å². The normalized spacial score (nSPS) is 14.8. The van der Waals surface area contributed by atoms with E-state index >= 15 is 0 Å². The second kappa shape index (κ2) is 9.35. The molecule has 1 N–H and O–H groups in total. The van der Waals surface area contributed by atoms with Gasteiger partial charge in [-0.25, -0.2) is 4.79 Å². The third-order valence-corrected chi connectivity index (χ3v) is 6.12. The fourth-order valence-corrected chi connectivity index (χ4v) is 4.52. The average molecular weight is 475 g/mol. The van der Waals surface area contributed by atoms with E-state index in [0.717, 1.165) is 33.8 Å². The molecule has 0 bridgehead atoms. The van der Waals surface area contributed by atoms with E-state index in [2.05, 4.69) is 22.0 Å². The molecule has 0 saturated heterocycles. The topological polar surface area (TPSA) is 60.3 Å². The van der Waals surface area contributed by atoms with Crippen LogP contribution in [0.1, 0.15) is 37.7 Å². The van der Waals surface area contributed by atoms with Gasteiger partial charge in [0, 0.05) is 33.2 Å². The van der Waals surface area contributed by atoms with Crippen LogP contribution in [-0.4, -0.2) is 22.4 Å². The number of Topliss-reactive ketones (excluding diaryl/α,β-unsaturated/α-hetero) is 1. The molecule has 6 heteroatoms. The summed E-state index contributed by atoms with van der Waals surface area (Å²) in [6.45, 7) is 9.26. The van der Waals surface area contributed by atoms with Gasteiger partial charge in [0.1, 0.15) is 5.57 Å². The molecule has 0 atom stereocenters. The Morgan fingerprint density at radius 3 is 2.35 bits per heavy atom. The van der Waals surface area contributed by atoms with Crippen molar-refractivity contribution in [3.63, 3.8) is 0 Å². The highest BCUT2D eigenvalue weighted by atomic mass is 35.5. The number of hydrogen-bond acceptors (Lipinski definition) is 4. The van der Waals surface area contributed by atoms with Crippen LogP contribution >= 0.6 is 11.6 Å². The predicted octanol–water partition coefficient (Wildman–Crippen LogP) is 6.15. The Hall–Kier alpha value is -3.57. The van der Waals surface area contributed by atoms with Crippen molar-refractivity contribution in [2.75, 3.05) is 0 Å². The minimum Gasteiger partial charge on any atom is -0.459 e. The number of allylic oxidation sites excluding steroid dienone is 2. The number of carbonyl (C=O) groups excluding carboxylic acids is 2. The molecule has 2 heterocycles. The Morgan fingerprint density at radius 2 is 1.68 bits per heavy atom. The summed E-state index contributed by atoms with van der Waals surface area (Å²) in [5.74, 6) is -0.961.